The molecular weight excluding hydrogens is 1690 g/mol. The number of ether oxygens (including phenoxy) is 13. The van der Waals surface area contributed by atoms with Gasteiger partial charge in [-0.1, -0.05) is 365 Å². The standard InChI is InChI=1S/C24H32O2.C24H26O2.C22H24O3.C18H19NO2.C18H22O2.C16H18O2/c2*1-2-20-13-15-23(16-14-20)26-24(19-22-11-7-4-8-12-22)25-18-17-21-9-5-3-6-10-21;1-3-18-11-13-20(14-12-18)25-17(2)23-15-16-24-22-10-6-8-19-7-4-5-9-21(19)22;1-3-15-9-11-17(12-10-15)21-18(13-19-2)20-14-16-7-5-4-6-8-16;1-3-15-9-12-17(13-10-15)20-18(19-2)14-11-16-7-5-4-6-8-16;1-3-13-9-11-15(12-10-13)18-16(17-2)14-7-5-4-6-8-14/h4,7-8,11-16,21,24H,2-3,5-6,9-10,17-19H2,1H3;3-16,24H,2,17-19H2,1H3;4-14,17H,3,15-16H2,1-2H3;4-12,18H,3,13-14H2,1H3;4-10,12-13,18H,3,11,14H2,1-2H3;4-12,16H,3H2,1-2H3. The van der Waals surface area contributed by atoms with Crippen LogP contribution in [0.5, 0.6) is 40.2 Å². The van der Waals surface area contributed by atoms with Crippen LogP contribution in [-0.4, -0.2) is 78.6 Å². The molecule has 0 amide bonds. The molecule has 0 aliphatic heterocycles. The van der Waals surface area contributed by atoms with E-state index in [2.05, 4.69) is 222 Å². The van der Waals surface area contributed by atoms with Crippen LogP contribution in [0.15, 0.2) is 370 Å². The van der Waals surface area contributed by atoms with Crippen molar-refractivity contribution in [1.29, 1.82) is 0 Å². The van der Waals surface area contributed by atoms with E-state index in [0.717, 1.165) is 146 Å². The molecule has 14 aromatic rings. The third-order valence-corrected chi connectivity index (χ3v) is 23.2. The average Bonchev–Trinajstić information content (AvgIpc) is 0.832. The first-order valence-electron chi connectivity index (χ1n) is 48.6. The number of benzene rings is 14. The number of nitrogens with zero attached hydrogens (tertiary/aromatic N) is 1. The molecule has 15 rings (SSSR count). The Morgan fingerprint density at radius 2 is 0.669 bits per heavy atom. The van der Waals surface area contributed by atoms with E-state index >= 15 is 0 Å². The van der Waals surface area contributed by atoms with E-state index in [-0.39, 0.29) is 38.0 Å². The number of rotatable bonds is 45. The van der Waals surface area contributed by atoms with Gasteiger partial charge < -0.3 is 66.4 Å². The van der Waals surface area contributed by atoms with Gasteiger partial charge in [-0.05, 0) is 216 Å². The first-order chi connectivity index (χ1) is 66.9. The van der Waals surface area contributed by atoms with Crippen LogP contribution < -0.4 is 33.2 Å². The Hall–Kier alpha value is -12.8. The minimum atomic E-state index is -0.546. The van der Waals surface area contributed by atoms with Crippen LogP contribution in [0.1, 0.15) is 166 Å². The summed E-state index contributed by atoms with van der Waals surface area (Å²) in [6.07, 6.45) is 16.5. The van der Waals surface area contributed by atoms with Crippen molar-refractivity contribution in [2.24, 2.45) is 5.92 Å². The summed E-state index contributed by atoms with van der Waals surface area (Å²) in [4.78, 5) is 3.38. The zero-order valence-electron chi connectivity index (χ0n) is 81.3. The third kappa shape index (κ3) is 40.4. The Morgan fingerprint density at radius 3 is 1.10 bits per heavy atom. The molecule has 6 unspecified atom stereocenters. The van der Waals surface area contributed by atoms with Gasteiger partial charge in [-0.2, -0.15) is 0 Å². The van der Waals surface area contributed by atoms with Gasteiger partial charge in [0.25, 0.3) is 12.8 Å². The van der Waals surface area contributed by atoms with Gasteiger partial charge >= 0.3 is 0 Å². The molecule has 136 heavy (non-hydrogen) atoms. The Kier molecular flexibility index (Phi) is 48.5. The number of methoxy groups -OCH3 is 2. The van der Waals surface area contributed by atoms with Crippen LogP contribution in [0.2, 0.25) is 0 Å². The summed E-state index contributed by atoms with van der Waals surface area (Å²) in [6, 6.07) is 125. The minimum absolute atomic E-state index is 0.183. The van der Waals surface area contributed by atoms with E-state index in [4.69, 9.17) is 68.2 Å². The second-order valence-corrected chi connectivity index (χ2v) is 33.2. The number of aryl methyl sites for hydroxylation is 7. The Labute approximate surface area is 810 Å². The van der Waals surface area contributed by atoms with E-state index < -0.39 is 6.29 Å². The fourth-order valence-electron chi connectivity index (χ4n) is 15.1. The maximum Gasteiger partial charge on any atom is 0.276 e. The molecule has 0 bridgehead atoms. The zero-order valence-corrected chi connectivity index (χ0v) is 81.3. The van der Waals surface area contributed by atoms with Crippen molar-refractivity contribution in [2.75, 3.05) is 47.2 Å². The smallest absolute Gasteiger partial charge is 0.276 e. The molecule has 1 saturated carbocycles. The van der Waals surface area contributed by atoms with Gasteiger partial charge in [0.2, 0.25) is 18.9 Å². The summed E-state index contributed by atoms with van der Waals surface area (Å²) < 4.78 is 75.8. The first-order valence-corrected chi connectivity index (χ1v) is 48.6. The SMILES string of the molecule is CCc1ccc(OC(C)OCCOc2cccc3ccccc23)cc1.CCc1ccc(OC(CCc2ccccc2)OC)cc1.CCc1ccc(OC(Cc2ccccc2)OCCC2CCCCC2)cc1.CCc1ccc(OC(Cc2ccccc2)OCCc2ccccc2)cc1.CCc1ccc(OC(OC)c2ccccc2)cc1.[C-]#[N+]CC(OCc1ccccc1)Oc1ccc(CC)cc1. The van der Waals surface area contributed by atoms with E-state index in [0.29, 0.717) is 26.4 Å². The fraction of sp³-hybridized carbons (Fsp3) is 0.320. The molecule has 0 spiro atoms. The van der Waals surface area contributed by atoms with E-state index in [1.54, 1.807) is 14.2 Å². The van der Waals surface area contributed by atoms with Gasteiger partial charge in [0.15, 0.2) is 12.6 Å². The molecule has 1 aliphatic carbocycles. The lowest BCUT2D eigenvalue weighted by molar-refractivity contribution is -0.0832. The molecule has 14 heteroatoms. The maximum absolute atomic E-state index is 7.01. The lowest BCUT2D eigenvalue weighted by Gasteiger charge is -2.24. The lowest BCUT2D eigenvalue weighted by Crippen LogP contribution is -2.25. The molecule has 1 fully saturated rings. The molecule has 0 saturated heterocycles. The highest BCUT2D eigenvalue weighted by molar-refractivity contribution is 5.88. The highest BCUT2D eigenvalue weighted by Crippen LogP contribution is 2.30. The molecule has 1 aliphatic rings. The largest absolute Gasteiger partial charge is 0.491 e. The number of hydrogen-bond acceptors (Lipinski definition) is 13. The minimum Gasteiger partial charge on any atom is -0.491 e. The monoisotopic (exact) mass is 1830 g/mol. The van der Waals surface area contributed by atoms with Crippen molar-refractivity contribution >= 4 is 10.8 Å². The van der Waals surface area contributed by atoms with Crippen molar-refractivity contribution in [3.8, 4) is 40.2 Å². The van der Waals surface area contributed by atoms with Gasteiger partial charge in [-0.3, -0.25) is 0 Å². The summed E-state index contributed by atoms with van der Waals surface area (Å²) in [5.41, 5.74) is 14.9. The number of hydrogen-bond donors (Lipinski definition) is 0. The molecular formula is C122H141NO13. The lowest BCUT2D eigenvalue weighted by atomic mass is 9.87. The molecule has 712 valence electrons. The fourth-order valence-corrected chi connectivity index (χ4v) is 15.1. The van der Waals surface area contributed by atoms with Crippen molar-refractivity contribution in [1.82, 2.24) is 0 Å². The zero-order chi connectivity index (χ0) is 95.5. The predicted octanol–water partition coefficient (Wildman–Crippen LogP) is 29.2. The van der Waals surface area contributed by atoms with E-state index in [1.165, 1.54) is 93.1 Å². The molecule has 0 N–H and O–H groups in total. The summed E-state index contributed by atoms with van der Waals surface area (Å²) in [5.74, 6) is 6.69. The summed E-state index contributed by atoms with van der Waals surface area (Å²) in [7, 11) is 3.34. The predicted molar refractivity (Wildman–Crippen MR) is 553 cm³/mol. The summed E-state index contributed by atoms with van der Waals surface area (Å²) in [5, 5.41) is 2.29. The average molecular weight is 1830 g/mol. The van der Waals surface area contributed by atoms with Crippen LogP contribution in [0.4, 0.5) is 0 Å². The third-order valence-electron chi connectivity index (χ3n) is 23.2. The first kappa shape index (κ1) is 105. The topological polar surface area (TPSA) is 124 Å². The van der Waals surface area contributed by atoms with Gasteiger partial charge in [-0.15, -0.1) is 0 Å². The molecule has 14 aromatic carbocycles. The van der Waals surface area contributed by atoms with Crippen LogP contribution in [0.3, 0.4) is 0 Å². The maximum atomic E-state index is 7.01. The Balaban J connectivity index is 0.000000169. The second kappa shape index (κ2) is 62.7. The van der Waals surface area contributed by atoms with Crippen molar-refractivity contribution in [3.05, 3.63) is 448 Å². The molecule has 0 heterocycles. The number of fused-ring (bicyclic) bond motifs is 1. The molecule has 14 nitrogen and oxygen atoms in total. The van der Waals surface area contributed by atoms with Crippen LogP contribution >= 0.6 is 0 Å². The summed E-state index contributed by atoms with van der Waals surface area (Å²) in [6.45, 7) is 24.8. The normalized spacial score (nSPS) is 12.8. The van der Waals surface area contributed by atoms with Crippen LogP contribution in [-0.2, 0) is 99.2 Å². The van der Waals surface area contributed by atoms with E-state index in [1.807, 2.05) is 201 Å². The van der Waals surface area contributed by atoms with Gasteiger partial charge in [0.05, 0.1) is 26.4 Å². The van der Waals surface area contributed by atoms with Gasteiger partial charge in [0, 0.05) is 44.4 Å². The van der Waals surface area contributed by atoms with Crippen molar-refractivity contribution in [2.45, 2.75) is 202 Å². The highest BCUT2D eigenvalue weighted by atomic mass is 16.7. The molecule has 0 radical (unpaired) electrons. The molecule has 6 atom stereocenters. The van der Waals surface area contributed by atoms with Crippen LogP contribution in [0, 0.1) is 12.5 Å². The highest BCUT2D eigenvalue weighted by Gasteiger charge is 2.20. The molecule has 0 aromatic heterocycles. The quantitative estimate of drug-likeness (QED) is 0.0204. The Morgan fingerprint density at radius 1 is 0.301 bits per heavy atom. The van der Waals surface area contributed by atoms with Crippen LogP contribution in [0.25, 0.3) is 15.6 Å². The van der Waals surface area contributed by atoms with Crippen molar-refractivity contribution < 1.29 is 61.6 Å². The van der Waals surface area contributed by atoms with Gasteiger partial charge in [0.1, 0.15) is 46.9 Å². The van der Waals surface area contributed by atoms with E-state index in [9.17, 15) is 0 Å². The summed E-state index contributed by atoms with van der Waals surface area (Å²) >= 11 is 0. The Bertz CT molecular complexity index is 5450. The second-order valence-electron chi connectivity index (χ2n) is 33.2. The van der Waals surface area contributed by atoms with Crippen molar-refractivity contribution in [3.63, 3.8) is 0 Å². The van der Waals surface area contributed by atoms with Gasteiger partial charge in [-0.25, -0.2) is 6.57 Å².